The van der Waals surface area contributed by atoms with Crippen molar-refractivity contribution in [2.75, 3.05) is 6.54 Å². The van der Waals surface area contributed by atoms with Crippen molar-refractivity contribution in [3.8, 4) is 11.4 Å². The molecule has 0 N–H and O–H groups in total. The highest BCUT2D eigenvalue weighted by molar-refractivity contribution is 7.07. The van der Waals surface area contributed by atoms with Crippen LogP contribution in [0.15, 0.2) is 41.4 Å². The van der Waals surface area contributed by atoms with E-state index in [2.05, 4.69) is 41.5 Å². The van der Waals surface area contributed by atoms with Gasteiger partial charge in [0.05, 0.1) is 6.54 Å². The summed E-state index contributed by atoms with van der Waals surface area (Å²) in [7, 11) is 0. The van der Waals surface area contributed by atoms with Crippen LogP contribution in [-0.2, 0) is 19.6 Å². The minimum absolute atomic E-state index is 0.850. The summed E-state index contributed by atoms with van der Waals surface area (Å²) in [5.74, 6) is 1.96. The Balaban J connectivity index is 1.56. The van der Waals surface area contributed by atoms with Crippen LogP contribution in [0.5, 0.6) is 0 Å². The molecular weight excluding hydrogens is 282 g/mol. The van der Waals surface area contributed by atoms with Crippen LogP contribution in [-0.4, -0.2) is 31.2 Å². The lowest BCUT2D eigenvalue weighted by Crippen LogP contribution is -2.33. The molecule has 1 aliphatic rings. The molecule has 0 atom stereocenters. The van der Waals surface area contributed by atoms with Crippen LogP contribution in [0.1, 0.15) is 11.4 Å². The van der Waals surface area contributed by atoms with E-state index in [0.717, 1.165) is 43.4 Å². The lowest BCUT2D eigenvalue weighted by atomic mass is 10.2. The van der Waals surface area contributed by atoms with E-state index in [0.29, 0.717) is 0 Å². The maximum Gasteiger partial charge on any atom is 0.165 e. The normalized spacial score (nSPS) is 15.0. The highest BCUT2D eigenvalue weighted by atomic mass is 32.1. The fourth-order valence-corrected chi connectivity index (χ4v) is 3.35. The van der Waals surface area contributed by atoms with Gasteiger partial charge in [-0.2, -0.15) is 11.3 Å². The van der Waals surface area contributed by atoms with Crippen LogP contribution in [0.3, 0.4) is 0 Å². The van der Waals surface area contributed by atoms with E-state index in [1.807, 2.05) is 18.3 Å². The van der Waals surface area contributed by atoms with E-state index in [9.17, 15) is 0 Å². The van der Waals surface area contributed by atoms with Crippen molar-refractivity contribution in [1.82, 2.24) is 24.6 Å². The van der Waals surface area contributed by atoms with Gasteiger partial charge in [-0.15, -0.1) is 10.2 Å². The number of nitrogens with zero attached hydrogens (tertiary/aromatic N) is 5. The zero-order valence-electron chi connectivity index (χ0n) is 11.5. The fourth-order valence-electron chi connectivity index (χ4n) is 2.69. The smallest absolute Gasteiger partial charge is 0.165 e. The van der Waals surface area contributed by atoms with Crippen LogP contribution in [0.2, 0.25) is 0 Å². The molecular formula is C15H15N5S. The monoisotopic (exact) mass is 297 g/mol. The van der Waals surface area contributed by atoms with Gasteiger partial charge in [-0.25, -0.2) is 0 Å². The van der Waals surface area contributed by atoms with Gasteiger partial charge in [0.2, 0.25) is 0 Å². The van der Waals surface area contributed by atoms with Gasteiger partial charge < -0.3 is 4.57 Å². The highest BCUT2D eigenvalue weighted by Gasteiger charge is 2.21. The first-order valence-electron chi connectivity index (χ1n) is 6.96. The van der Waals surface area contributed by atoms with Crippen molar-refractivity contribution < 1.29 is 0 Å². The third-order valence-corrected chi connectivity index (χ3v) is 4.47. The summed E-state index contributed by atoms with van der Waals surface area (Å²) in [5, 5.41) is 13.0. The van der Waals surface area contributed by atoms with E-state index in [4.69, 9.17) is 0 Å². The lowest BCUT2D eigenvalue weighted by Gasteiger charge is -2.27. The number of hydrogen-bond donors (Lipinski definition) is 0. The summed E-state index contributed by atoms with van der Waals surface area (Å²) in [4.78, 5) is 6.58. The maximum absolute atomic E-state index is 4.36. The first-order chi connectivity index (χ1) is 10.4. The van der Waals surface area contributed by atoms with Gasteiger partial charge >= 0.3 is 0 Å². The van der Waals surface area contributed by atoms with Crippen molar-refractivity contribution in [3.05, 3.63) is 52.7 Å². The summed E-state index contributed by atoms with van der Waals surface area (Å²) in [6.07, 6.45) is 3.62. The molecule has 6 heteroatoms. The van der Waals surface area contributed by atoms with E-state index >= 15 is 0 Å². The van der Waals surface area contributed by atoms with E-state index < -0.39 is 0 Å². The van der Waals surface area contributed by atoms with E-state index in [1.165, 1.54) is 5.56 Å². The van der Waals surface area contributed by atoms with E-state index in [-0.39, 0.29) is 0 Å². The first kappa shape index (κ1) is 12.7. The molecule has 0 saturated carbocycles. The molecule has 1 aliphatic heterocycles. The predicted molar refractivity (Wildman–Crippen MR) is 81.7 cm³/mol. The van der Waals surface area contributed by atoms with Crippen LogP contribution in [0.4, 0.5) is 0 Å². The summed E-state index contributed by atoms with van der Waals surface area (Å²) < 4.78 is 2.21. The third-order valence-electron chi connectivity index (χ3n) is 3.74. The first-order valence-corrected chi connectivity index (χ1v) is 7.90. The number of aromatic nitrogens is 4. The van der Waals surface area contributed by atoms with Gasteiger partial charge in [0.25, 0.3) is 0 Å². The molecule has 4 rings (SSSR count). The number of rotatable bonds is 3. The van der Waals surface area contributed by atoms with Gasteiger partial charge in [-0.05, 0) is 34.5 Å². The molecule has 106 valence electrons. The molecule has 3 aromatic rings. The number of fused-ring (bicyclic) bond motifs is 1. The standard InChI is InChI=1S/C15H15N5S/c1-2-13(8-16-4-1)15-18-17-14-10-19(5-6-20(14)15)9-12-3-7-21-11-12/h1-4,7-8,11H,5-6,9-10H2. The molecule has 0 radical (unpaired) electrons. The Bertz CT molecular complexity index is 720. The van der Waals surface area contributed by atoms with Gasteiger partial charge in [0.15, 0.2) is 5.82 Å². The van der Waals surface area contributed by atoms with Crippen molar-refractivity contribution in [2.24, 2.45) is 0 Å². The Morgan fingerprint density at radius 1 is 1.19 bits per heavy atom. The average Bonchev–Trinajstić information content (AvgIpc) is 3.17. The Morgan fingerprint density at radius 2 is 2.19 bits per heavy atom. The second-order valence-corrected chi connectivity index (χ2v) is 5.96. The Labute approximate surface area is 126 Å². The minimum Gasteiger partial charge on any atom is -0.309 e. The van der Waals surface area contributed by atoms with Crippen LogP contribution >= 0.6 is 11.3 Å². The summed E-state index contributed by atoms with van der Waals surface area (Å²) in [5.41, 5.74) is 2.41. The van der Waals surface area contributed by atoms with Crippen molar-refractivity contribution in [2.45, 2.75) is 19.6 Å². The van der Waals surface area contributed by atoms with Crippen LogP contribution in [0.25, 0.3) is 11.4 Å². The number of pyridine rings is 1. The summed E-state index contributed by atoms with van der Waals surface area (Å²) >= 11 is 1.75. The molecule has 0 aliphatic carbocycles. The Kier molecular flexibility index (Phi) is 3.25. The van der Waals surface area contributed by atoms with Gasteiger partial charge in [0, 0.05) is 37.6 Å². The van der Waals surface area contributed by atoms with Crippen molar-refractivity contribution >= 4 is 11.3 Å². The van der Waals surface area contributed by atoms with Gasteiger partial charge in [0.1, 0.15) is 5.82 Å². The number of hydrogen-bond acceptors (Lipinski definition) is 5. The molecule has 0 aromatic carbocycles. The maximum atomic E-state index is 4.36. The van der Waals surface area contributed by atoms with Crippen LogP contribution in [0, 0.1) is 0 Å². The van der Waals surface area contributed by atoms with Gasteiger partial charge in [-0.1, -0.05) is 0 Å². The van der Waals surface area contributed by atoms with Crippen molar-refractivity contribution in [3.63, 3.8) is 0 Å². The average molecular weight is 297 g/mol. The zero-order chi connectivity index (χ0) is 14.1. The molecule has 5 nitrogen and oxygen atoms in total. The van der Waals surface area contributed by atoms with Gasteiger partial charge in [-0.3, -0.25) is 9.88 Å². The minimum atomic E-state index is 0.850. The molecule has 21 heavy (non-hydrogen) atoms. The highest BCUT2D eigenvalue weighted by Crippen LogP contribution is 2.22. The molecule has 0 amide bonds. The lowest BCUT2D eigenvalue weighted by molar-refractivity contribution is 0.210. The molecule has 0 bridgehead atoms. The second-order valence-electron chi connectivity index (χ2n) is 5.18. The molecule has 0 saturated heterocycles. The fraction of sp³-hybridized carbons (Fsp3) is 0.267. The SMILES string of the molecule is c1cncc(-c2nnc3n2CCN(Cc2ccsc2)C3)c1. The molecule has 0 spiro atoms. The van der Waals surface area contributed by atoms with Crippen LogP contribution < -0.4 is 0 Å². The Hall–Kier alpha value is -2.05. The second kappa shape index (κ2) is 5.38. The molecule has 0 unspecified atom stereocenters. The summed E-state index contributed by atoms with van der Waals surface area (Å²) in [6.45, 7) is 3.78. The molecule has 3 aromatic heterocycles. The topological polar surface area (TPSA) is 46.8 Å². The zero-order valence-corrected chi connectivity index (χ0v) is 12.3. The quantitative estimate of drug-likeness (QED) is 0.745. The summed E-state index contributed by atoms with van der Waals surface area (Å²) in [6, 6.07) is 6.15. The number of thiophene rings is 1. The Morgan fingerprint density at radius 3 is 3.00 bits per heavy atom. The predicted octanol–water partition coefficient (Wildman–Crippen LogP) is 2.42. The third kappa shape index (κ3) is 2.48. The van der Waals surface area contributed by atoms with E-state index in [1.54, 1.807) is 17.5 Å². The van der Waals surface area contributed by atoms with Crippen molar-refractivity contribution in [1.29, 1.82) is 0 Å². The molecule has 0 fully saturated rings. The molecule has 4 heterocycles. The largest absolute Gasteiger partial charge is 0.309 e.